The van der Waals surface area contributed by atoms with Crippen molar-refractivity contribution in [2.75, 3.05) is 13.6 Å². The van der Waals surface area contributed by atoms with Gasteiger partial charge < -0.3 is 10.6 Å². The van der Waals surface area contributed by atoms with Gasteiger partial charge in [0.1, 0.15) is 0 Å². The van der Waals surface area contributed by atoms with Gasteiger partial charge in [-0.05, 0) is 38.8 Å². The summed E-state index contributed by atoms with van der Waals surface area (Å²) in [7, 11) is 2.19. The normalized spacial score (nSPS) is 15.7. The van der Waals surface area contributed by atoms with E-state index in [-0.39, 0.29) is 11.6 Å². The van der Waals surface area contributed by atoms with Gasteiger partial charge in [-0.2, -0.15) is 0 Å². The van der Waals surface area contributed by atoms with E-state index in [1.165, 1.54) is 5.56 Å². The Kier molecular flexibility index (Phi) is 5.36. The van der Waals surface area contributed by atoms with Gasteiger partial charge in [0.25, 0.3) is 0 Å². The van der Waals surface area contributed by atoms with Gasteiger partial charge in [-0.25, -0.2) is 0 Å². The van der Waals surface area contributed by atoms with E-state index < -0.39 is 0 Å². The summed E-state index contributed by atoms with van der Waals surface area (Å²) in [5.41, 5.74) is 7.81. The molecule has 0 aromatic heterocycles. The topological polar surface area (TPSA) is 29.3 Å². The third-order valence-electron chi connectivity index (χ3n) is 4.26. The van der Waals surface area contributed by atoms with Gasteiger partial charge in [0.2, 0.25) is 0 Å². The highest BCUT2D eigenvalue weighted by Crippen LogP contribution is 2.23. The molecule has 2 heteroatoms. The summed E-state index contributed by atoms with van der Waals surface area (Å²) < 4.78 is 0. The SMILES string of the molecule is CCC(C)(C)N(C)CC(C)C(N)c1ccccc1. The summed E-state index contributed by atoms with van der Waals surface area (Å²) in [5, 5.41) is 0. The Morgan fingerprint density at radius 3 is 2.28 bits per heavy atom. The van der Waals surface area contributed by atoms with E-state index in [0.717, 1.165) is 13.0 Å². The fourth-order valence-corrected chi connectivity index (χ4v) is 2.07. The van der Waals surface area contributed by atoms with Gasteiger partial charge in [-0.3, -0.25) is 0 Å². The van der Waals surface area contributed by atoms with E-state index in [0.29, 0.717) is 5.92 Å². The summed E-state index contributed by atoms with van der Waals surface area (Å²) in [6, 6.07) is 10.5. The smallest absolute Gasteiger partial charge is 0.0333 e. The molecule has 0 aliphatic rings. The molecule has 102 valence electrons. The molecule has 1 aromatic rings. The van der Waals surface area contributed by atoms with Crippen molar-refractivity contribution in [3.8, 4) is 0 Å². The third kappa shape index (κ3) is 3.82. The Bertz CT molecular complexity index is 345. The molecule has 0 saturated carbocycles. The molecule has 18 heavy (non-hydrogen) atoms. The van der Waals surface area contributed by atoms with Crippen molar-refractivity contribution in [1.29, 1.82) is 0 Å². The van der Waals surface area contributed by atoms with Crippen molar-refractivity contribution in [2.45, 2.75) is 45.7 Å². The average molecular weight is 248 g/mol. The molecule has 0 bridgehead atoms. The molecule has 1 aromatic carbocycles. The first-order chi connectivity index (χ1) is 8.38. The lowest BCUT2D eigenvalue weighted by molar-refractivity contribution is 0.124. The first kappa shape index (κ1) is 15.2. The molecular formula is C16H28N2. The van der Waals surface area contributed by atoms with Crippen LogP contribution >= 0.6 is 0 Å². The highest BCUT2D eigenvalue weighted by Gasteiger charge is 2.24. The van der Waals surface area contributed by atoms with Crippen molar-refractivity contribution in [3.05, 3.63) is 35.9 Å². The lowest BCUT2D eigenvalue weighted by atomic mass is 9.92. The van der Waals surface area contributed by atoms with E-state index in [9.17, 15) is 0 Å². The lowest BCUT2D eigenvalue weighted by Crippen LogP contribution is -2.44. The Labute approximate surface area is 112 Å². The van der Waals surface area contributed by atoms with Crippen LogP contribution in [-0.2, 0) is 0 Å². The van der Waals surface area contributed by atoms with Crippen molar-refractivity contribution >= 4 is 0 Å². The van der Waals surface area contributed by atoms with E-state index in [4.69, 9.17) is 5.73 Å². The summed E-state index contributed by atoms with van der Waals surface area (Å²) in [6.07, 6.45) is 1.15. The summed E-state index contributed by atoms with van der Waals surface area (Å²) in [6.45, 7) is 10.1. The van der Waals surface area contributed by atoms with Crippen LogP contribution in [0.5, 0.6) is 0 Å². The van der Waals surface area contributed by atoms with Gasteiger partial charge in [-0.1, -0.05) is 44.2 Å². The van der Waals surface area contributed by atoms with Crippen LogP contribution in [0.3, 0.4) is 0 Å². The number of nitrogens with two attached hydrogens (primary N) is 1. The molecule has 0 spiro atoms. The van der Waals surface area contributed by atoms with Gasteiger partial charge in [0.05, 0.1) is 0 Å². The molecule has 2 N–H and O–H groups in total. The maximum absolute atomic E-state index is 6.34. The largest absolute Gasteiger partial charge is 0.324 e. The Hall–Kier alpha value is -0.860. The summed E-state index contributed by atoms with van der Waals surface area (Å²) >= 11 is 0. The molecule has 0 fully saturated rings. The fourth-order valence-electron chi connectivity index (χ4n) is 2.07. The molecule has 2 nitrogen and oxygen atoms in total. The molecule has 0 aliphatic carbocycles. The number of hydrogen-bond acceptors (Lipinski definition) is 2. The van der Waals surface area contributed by atoms with Crippen molar-refractivity contribution in [2.24, 2.45) is 11.7 Å². The van der Waals surface area contributed by atoms with Crippen LogP contribution in [0.2, 0.25) is 0 Å². The quantitative estimate of drug-likeness (QED) is 0.835. The third-order valence-corrected chi connectivity index (χ3v) is 4.26. The molecule has 0 radical (unpaired) electrons. The van der Waals surface area contributed by atoms with E-state index in [1.807, 2.05) is 6.07 Å². The minimum Gasteiger partial charge on any atom is -0.324 e. The van der Waals surface area contributed by atoms with Gasteiger partial charge >= 0.3 is 0 Å². The van der Waals surface area contributed by atoms with Crippen LogP contribution in [0.4, 0.5) is 0 Å². The Morgan fingerprint density at radius 2 is 1.78 bits per heavy atom. The predicted molar refractivity (Wildman–Crippen MR) is 79.5 cm³/mol. The van der Waals surface area contributed by atoms with Crippen molar-refractivity contribution in [1.82, 2.24) is 4.90 Å². The minimum atomic E-state index is 0.112. The zero-order chi connectivity index (χ0) is 13.8. The maximum atomic E-state index is 6.34. The zero-order valence-corrected chi connectivity index (χ0v) is 12.5. The maximum Gasteiger partial charge on any atom is 0.0333 e. The fraction of sp³-hybridized carbons (Fsp3) is 0.625. The van der Waals surface area contributed by atoms with Crippen molar-refractivity contribution < 1.29 is 0 Å². The monoisotopic (exact) mass is 248 g/mol. The van der Waals surface area contributed by atoms with E-state index in [1.54, 1.807) is 0 Å². The van der Waals surface area contributed by atoms with Gasteiger partial charge in [-0.15, -0.1) is 0 Å². The first-order valence-corrected chi connectivity index (χ1v) is 6.90. The zero-order valence-electron chi connectivity index (χ0n) is 12.5. The number of hydrogen-bond donors (Lipinski definition) is 1. The average Bonchev–Trinajstić information content (AvgIpc) is 2.38. The lowest BCUT2D eigenvalue weighted by Gasteiger charge is -2.37. The van der Waals surface area contributed by atoms with Crippen molar-refractivity contribution in [3.63, 3.8) is 0 Å². The molecule has 1 rings (SSSR count). The molecule has 0 saturated heterocycles. The van der Waals surface area contributed by atoms with Crippen LogP contribution in [-0.4, -0.2) is 24.0 Å². The molecule has 0 aliphatic heterocycles. The van der Waals surface area contributed by atoms with Crippen LogP contribution in [0.25, 0.3) is 0 Å². The van der Waals surface area contributed by atoms with Crippen LogP contribution in [0, 0.1) is 5.92 Å². The number of benzene rings is 1. The Morgan fingerprint density at radius 1 is 1.22 bits per heavy atom. The Balaban J connectivity index is 2.63. The highest BCUT2D eigenvalue weighted by molar-refractivity contribution is 5.19. The second-order valence-electron chi connectivity index (χ2n) is 5.96. The molecule has 2 atom stereocenters. The predicted octanol–water partition coefficient (Wildman–Crippen LogP) is 3.44. The second kappa shape index (κ2) is 6.35. The number of rotatable bonds is 6. The summed E-state index contributed by atoms with van der Waals surface area (Å²) in [5.74, 6) is 0.447. The molecular weight excluding hydrogens is 220 g/mol. The van der Waals surface area contributed by atoms with E-state index >= 15 is 0 Å². The molecule has 0 heterocycles. The highest BCUT2D eigenvalue weighted by atomic mass is 15.2. The standard InChI is InChI=1S/C16H28N2/c1-6-16(3,4)18(5)12-13(2)15(17)14-10-8-7-9-11-14/h7-11,13,15H,6,12,17H2,1-5H3. The molecule has 0 amide bonds. The van der Waals surface area contributed by atoms with Gasteiger partial charge in [0, 0.05) is 18.1 Å². The summed E-state index contributed by atoms with van der Waals surface area (Å²) in [4.78, 5) is 2.42. The van der Waals surface area contributed by atoms with Crippen LogP contribution in [0.1, 0.15) is 45.7 Å². The second-order valence-corrected chi connectivity index (χ2v) is 5.96. The molecule has 2 unspecified atom stereocenters. The minimum absolute atomic E-state index is 0.112. The van der Waals surface area contributed by atoms with Crippen LogP contribution < -0.4 is 5.73 Å². The van der Waals surface area contributed by atoms with Gasteiger partial charge in [0.15, 0.2) is 0 Å². The first-order valence-electron chi connectivity index (χ1n) is 6.90. The van der Waals surface area contributed by atoms with Crippen LogP contribution in [0.15, 0.2) is 30.3 Å². The number of nitrogens with zero attached hydrogens (tertiary/aromatic N) is 1. The van der Waals surface area contributed by atoms with E-state index in [2.05, 4.69) is 63.9 Å².